The van der Waals surface area contributed by atoms with Gasteiger partial charge in [-0.05, 0) is 36.4 Å². The van der Waals surface area contributed by atoms with Crippen molar-refractivity contribution in [2.75, 3.05) is 6.61 Å². The fourth-order valence-corrected chi connectivity index (χ4v) is 4.86. The van der Waals surface area contributed by atoms with E-state index in [9.17, 15) is 18.8 Å². The molecule has 0 unspecified atom stereocenters. The Kier molecular flexibility index (Phi) is 8.06. The molecule has 1 aliphatic rings. The van der Waals surface area contributed by atoms with Crippen molar-refractivity contribution in [2.24, 2.45) is 0 Å². The molecule has 1 aliphatic heterocycles. The predicted molar refractivity (Wildman–Crippen MR) is 149 cm³/mol. The standard InChI is InChI=1S/C32H23F2N3O7/c33-22-16-35-28(34)24-25(22)37(18-36-24)29-27(44-32(40)21-14-8-3-9-15-21)26(43-31(39)20-12-6-2-7-13-20)23(42-29)17-41-30(38)19-10-4-1-5-11-19/h1-16,18,23,26-27,29H,17H2/t23-,26-,27-,29-/m1/s1. The van der Waals surface area contributed by atoms with Crippen molar-refractivity contribution >= 4 is 28.9 Å². The maximum Gasteiger partial charge on any atom is 0.338 e. The molecule has 0 bridgehead atoms. The first kappa shape index (κ1) is 28.6. The Labute approximate surface area is 248 Å². The second-order valence-corrected chi connectivity index (χ2v) is 9.75. The quantitative estimate of drug-likeness (QED) is 0.139. The lowest BCUT2D eigenvalue weighted by Gasteiger charge is -2.25. The largest absolute Gasteiger partial charge is 0.459 e. The number of imidazole rings is 1. The van der Waals surface area contributed by atoms with Gasteiger partial charge in [0.1, 0.15) is 23.7 Å². The van der Waals surface area contributed by atoms with Crippen LogP contribution in [-0.2, 0) is 18.9 Å². The number of pyridine rings is 1. The minimum atomic E-state index is -1.43. The SMILES string of the molecule is O=C(OC[C@H]1O[C@@H](n2cnc3c(F)ncc(F)c32)[C@H](OC(=O)c2ccccc2)[C@@H]1OC(=O)c1ccccc1)c1ccccc1. The Balaban J connectivity index is 1.39. The molecule has 1 saturated heterocycles. The van der Waals surface area contributed by atoms with E-state index in [2.05, 4.69) is 9.97 Å². The number of benzene rings is 3. The first-order valence-corrected chi connectivity index (χ1v) is 13.5. The van der Waals surface area contributed by atoms with Crippen LogP contribution in [0.2, 0.25) is 0 Å². The van der Waals surface area contributed by atoms with Crippen molar-refractivity contribution in [3.63, 3.8) is 0 Å². The van der Waals surface area contributed by atoms with Gasteiger partial charge in [0, 0.05) is 0 Å². The molecule has 3 aromatic carbocycles. The summed E-state index contributed by atoms with van der Waals surface area (Å²) < 4.78 is 54.0. The van der Waals surface area contributed by atoms with Gasteiger partial charge in [-0.2, -0.15) is 4.39 Å². The molecule has 0 radical (unpaired) electrons. The van der Waals surface area contributed by atoms with Gasteiger partial charge in [0.2, 0.25) is 5.95 Å². The summed E-state index contributed by atoms with van der Waals surface area (Å²) in [5.74, 6) is -4.22. The number of esters is 3. The van der Waals surface area contributed by atoms with Crippen LogP contribution in [0.3, 0.4) is 0 Å². The predicted octanol–water partition coefficient (Wildman–Crippen LogP) is 4.92. The third-order valence-electron chi connectivity index (χ3n) is 6.96. The van der Waals surface area contributed by atoms with Crippen LogP contribution in [0.25, 0.3) is 11.0 Å². The van der Waals surface area contributed by atoms with E-state index in [0.29, 0.717) is 6.20 Å². The zero-order valence-corrected chi connectivity index (χ0v) is 22.8. The molecule has 222 valence electrons. The highest BCUT2D eigenvalue weighted by molar-refractivity contribution is 5.91. The summed E-state index contributed by atoms with van der Waals surface area (Å²) >= 11 is 0. The summed E-state index contributed by atoms with van der Waals surface area (Å²) in [6.45, 7) is -0.443. The van der Waals surface area contributed by atoms with Crippen molar-refractivity contribution in [1.29, 1.82) is 0 Å². The molecular formula is C32H23F2N3O7. The Hall–Kier alpha value is -5.49. The van der Waals surface area contributed by atoms with Crippen molar-refractivity contribution < 1.29 is 42.1 Å². The Bertz CT molecular complexity index is 1800. The molecule has 1 fully saturated rings. The van der Waals surface area contributed by atoms with E-state index >= 15 is 4.39 Å². The second kappa shape index (κ2) is 12.4. The molecule has 0 spiro atoms. The summed E-state index contributed by atoms with van der Waals surface area (Å²) in [5.41, 5.74) is -0.0823. The lowest BCUT2D eigenvalue weighted by molar-refractivity contribution is -0.0606. The Morgan fingerprint density at radius 2 is 1.25 bits per heavy atom. The number of hydrogen-bond donors (Lipinski definition) is 0. The Morgan fingerprint density at radius 3 is 1.82 bits per heavy atom. The van der Waals surface area contributed by atoms with E-state index in [1.807, 2.05) is 0 Å². The molecule has 0 aliphatic carbocycles. The van der Waals surface area contributed by atoms with Crippen molar-refractivity contribution in [3.05, 3.63) is 132 Å². The maximum atomic E-state index is 15.0. The number of carbonyl (C=O) groups is 3. The van der Waals surface area contributed by atoms with Gasteiger partial charge in [-0.25, -0.2) is 28.7 Å². The van der Waals surface area contributed by atoms with Crippen LogP contribution in [0.1, 0.15) is 37.3 Å². The molecule has 4 atom stereocenters. The van der Waals surface area contributed by atoms with Crippen molar-refractivity contribution in [2.45, 2.75) is 24.5 Å². The smallest absolute Gasteiger partial charge is 0.338 e. The van der Waals surface area contributed by atoms with Gasteiger partial charge in [0.15, 0.2) is 24.3 Å². The van der Waals surface area contributed by atoms with E-state index in [1.54, 1.807) is 66.7 Å². The summed E-state index contributed by atoms with van der Waals surface area (Å²) in [5, 5.41) is 0. The summed E-state index contributed by atoms with van der Waals surface area (Å²) in [4.78, 5) is 46.6. The molecule has 6 rings (SSSR count). The molecule has 3 heterocycles. The number of fused-ring (bicyclic) bond motifs is 1. The molecule has 44 heavy (non-hydrogen) atoms. The number of rotatable bonds is 8. The lowest BCUT2D eigenvalue weighted by Crippen LogP contribution is -2.41. The summed E-state index contributed by atoms with van der Waals surface area (Å²) in [6.07, 6.45) is -3.61. The molecule has 0 amide bonds. The van der Waals surface area contributed by atoms with Crippen LogP contribution < -0.4 is 0 Å². The molecule has 2 aromatic heterocycles. The second-order valence-electron chi connectivity index (χ2n) is 9.75. The zero-order chi connectivity index (χ0) is 30.6. The minimum absolute atomic E-state index is 0.176. The van der Waals surface area contributed by atoms with Gasteiger partial charge in [-0.15, -0.1) is 0 Å². The normalized spacial score (nSPS) is 19.4. The van der Waals surface area contributed by atoms with E-state index in [-0.39, 0.29) is 22.2 Å². The highest BCUT2D eigenvalue weighted by atomic mass is 19.1. The van der Waals surface area contributed by atoms with E-state index in [1.165, 1.54) is 24.3 Å². The molecule has 5 aromatic rings. The fraction of sp³-hybridized carbons (Fsp3) is 0.156. The zero-order valence-electron chi connectivity index (χ0n) is 22.8. The Morgan fingerprint density at radius 1 is 0.727 bits per heavy atom. The first-order chi connectivity index (χ1) is 21.4. The van der Waals surface area contributed by atoms with Gasteiger partial charge in [0.25, 0.3) is 0 Å². The molecule has 10 nitrogen and oxygen atoms in total. The monoisotopic (exact) mass is 599 g/mol. The summed E-state index contributed by atoms with van der Waals surface area (Å²) in [7, 11) is 0. The van der Waals surface area contributed by atoms with Gasteiger partial charge in [-0.3, -0.25) is 4.57 Å². The first-order valence-electron chi connectivity index (χ1n) is 13.5. The van der Waals surface area contributed by atoms with Crippen LogP contribution in [0.5, 0.6) is 0 Å². The van der Waals surface area contributed by atoms with Crippen molar-refractivity contribution in [1.82, 2.24) is 14.5 Å². The molecule has 12 heteroatoms. The average molecular weight is 600 g/mol. The van der Waals surface area contributed by atoms with Crippen LogP contribution in [0.15, 0.2) is 104 Å². The maximum absolute atomic E-state index is 15.0. The highest BCUT2D eigenvalue weighted by Gasteiger charge is 2.52. The van der Waals surface area contributed by atoms with E-state index < -0.39 is 66.3 Å². The van der Waals surface area contributed by atoms with Crippen LogP contribution in [0.4, 0.5) is 8.78 Å². The minimum Gasteiger partial charge on any atom is -0.459 e. The van der Waals surface area contributed by atoms with Gasteiger partial charge in [-0.1, -0.05) is 54.6 Å². The van der Waals surface area contributed by atoms with E-state index in [4.69, 9.17) is 18.9 Å². The number of halogens is 2. The number of nitrogens with zero attached hydrogens (tertiary/aromatic N) is 3. The number of carbonyl (C=O) groups excluding carboxylic acids is 3. The summed E-state index contributed by atoms with van der Waals surface area (Å²) in [6, 6.07) is 24.2. The topological polar surface area (TPSA) is 119 Å². The van der Waals surface area contributed by atoms with Crippen LogP contribution in [-0.4, -0.2) is 57.4 Å². The highest BCUT2D eigenvalue weighted by Crippen LogP contribution is 2.37. The fourth-order valence-electron chi connectivity index (χ4n) is 4.86. The molecule has 0 N–H and O–H groups in total. The van der Waals surface area contributed by atoms with Gasteiger partial charge >= 0.3 is 17.9 Å². The number of ether oxygens (including phenoxy) is 4. The van der Waals surface area contributed by atoms with E-state index in [0.717, 1.165) is 10.9 Å². The van der Waals surface area contributed by atoms with Crippen LogP contribution in [0, 0.1) is 11.8 Å². The third-order valence-corrected chi connectivity index (χ3v) is 6.96. The van der Waals surface area contributed by atoms with Crippen LogP contribution >= 0.6 is 0 Å². The lowest BCUT2D eigenvalue weighted by atomic mass is 10.1. The number of aromatic nitrogens is 3. The van der Waals surface area contributed by atoms with Crippen molar-refractivity contribution in [3.8, 4) is 0 Å². The van der Waals surface area contributed by atoms with Gasteiger partial charge in [0.05, 0.1) is 29.2 Å². The average Bonchev–Trinajstić information content (AvgIpc) is 3.65. The molecule has 0 saturated carbocycles. The molecular weight excluding hydrogens is 576 g/mol. The van der Waals surface area contributed by atoms with Gasteiger partial charge < -0.3 is 18.9 Å². The number of hydrogen-bond acceptors (Lipinski definition) is 9. The third kappa shape index (κ3) is 5.75.